The lowest BCUT2D eigenvalue weighted by molar-refractivity contribution is -0.0124. The first-order valence-corrected chi connectivity index (χ1v) is 7.44. The van der Waals surface area contributed by atoms with Gasteiger partial charge in [0.25, 0.3) is 0 Å². The summed E-state index contributed by atoms with van der Waals surface area (Å²) in [5.41, 5.74) is 0.750. The van der Waals surface area contributed by atoms with E-state index in [2.05, 4.69) is 12.2 Å². The number of aliphatic hydroxyl groups excluding tert-OH is 1. The molecule has 5 heteroatoms. The third-order valence-corrected chi connectivity index (χ3v) is 2.82. The molecule has 1 aromatic carbocycles. The summed E-state index contributed by atoms with van der Waals surface area (Å²) in [6.45, 7) is 7.64. The number of nitrogens with one attached hydrogen (secondary N) is 1. The largest absolute Gasteiger partial charge is 0.490 e. The van der Waals surface area contributed by atoms with Crippen molar-refractivity contribution >= 4 is 0 Å². The molecule has 0 heterocycles. The first-order valence-electron chi connectivity index (χ1n) is 7.44. The van der Waals surface area contributed by atoms with E-state index >= 15 is 0 Å². The Bertz CT molecular complexity index is 413. The Morgan fingerprint density at radius 1 is 1.29 bits per heavy atom. The maximum Gasteiger partial charge on any atom is 0.124 e. The molecule has 0 spiro atoms. The second kappa shape index (κ2) is 9.71. The number of halogens is 1. The van der Waals surface area contributed by atoms with E-state index in [1.807, 2.05) is 13.8 Å². The van der Waals surface area contributed by atoms with Gasteiger partial charge in [0.15, 0.2) is 0 Å². The zero-order chi connectivity index (χ0) is 15.7. The van der Waals surface area contributed by atoms with E-state index in [0.29, 0.717) is 12.3 Å². The van der Waals surface area contributed by atoms with Crippen LogP contribution in [0.5, 0.6) is 5.75 Å². The van der Waals surface area contributed by atoms with Crippen molar-refractivity contribution in [3.63, 3.8) is 0 Å². The zero-order valence-corrected chi connectivity index (χ0v) is 13.1. The average molecular weight is 299 g/mol. The minimum Gasteiger partial charge on any atom is -0.490 e. The topological polar surface area (TPSA) is 50.7 Å². The quantitative estimate of drug-likeness (QED) is 0.652. The van der Waals surface area contributed by atoms with Crippen molar-refractivity contribution < 1.29 is 19.0 Å². The Hall–Kier alpha value is -1.17. The van der Waals surface area contributed by atoms with Crippen molar-refractivity contribution in [2.45, 2.75) is 45.9 Å². The molecule has 0 aromatic heterocycles. The second-order valence-corrected chi connectivity index (χ2v) is 5.28. The van der Waals surface area contributed by atoms with E-state index in [1.54, 1.807) is 6.07 Å². The van der Waals surface area contributed by atoms with Gasteiger partial charge < -0.3 is 19.9 Å². The molecule has 21 heavy (non-hydrogen) atoms. The highest BCUT2D eigenvalue weighted by Gasteiger charge is 2.10. The molecule has 0 aliphatic carbocycles. The highest BCUT2D eigenvalue weighted by Crippen LogP contribution is 2.20. The Balaban J connectivity index is 2.52. The second-order valence-electron chi connectivity index (χ2n) is 5.28. The third kappa shape index (κ3) is 7.41. The van der Waals surface area contributed by atoms with Crippen molar-refractivity contribution in [3.05, 3.63) is 29.6 Å². The van der Waals surface area contributed by atoms with Gasteiger partial charge in [-0.1, -0.05) is 6.92 Å². The van der Waals surface area contributed by atoms with Crippen LogP contribution in [-0.2, 0) is 11.3 Å². The van der Waals surface area contributed by atoms with Gasteiger partial charge in [0, 0.05) is 12.1 Å². The summed E-state index contributed by atoms with van der Waals surface area (Å²) >= 11 is 0. The van der Waals surface area contributed by atoms with Gasteiger partial charge in [-0.3, -0.25) is 0 Å². The van der Waals surface area contributed by atoms with E-state index in [4.69, 9.17) is 9.47 Å². The first kappa shape index (κ1) is 17.9. The third-order valence-electron chi connectivity index (χ3n) is 2.82. The molecule has 0 aliphatic rings. The predicted molar refractivity (Wildman–Crippen MR) is 81.0 cm³/mol. The molecule has 0 aliphatic heterocycles. The van der Waals surface area contributed by atoms with Crippen LogP contribution in [0.15, 0.2) is 18.2 Å². The molecule has 2 N–H and O–H groups in total. The highest BCUT2D eigenvalue weighted by molar-refractivity contribution is 5.34. The molecule has 0 fully saturated rings. The Morgan fingerprint density at radius 2 is 2.05 bits per heavy atom. The Labute approximate surface area is 126 Å². The minimum atomic E-state index is -0.700. The smallest absolute Gasteiger partial charge is 0.124 e. The summed E-state index contributed by atoms with van der Waals surface area (Å²) in [4.78, 5) is 0. The lowest BCUT2D eigenvalue weighted by atomic mass is 10.2. The fourth-order valence-corrected chi connectivity index (χ4v) is 1.76. The summed E-state index contributed by atoms with van der Waals surface area (Å²) in [5.74, 6) is 0.294. The van der Waals surface area contributed by atoms with Crippen LogP contribution >= 0.6 is 0 Å². The molecule has 4 nitrogen and oxygen atoms in total. The number of aliphatic hydroxyl groups is 1. The summed E-state index contributed by atoms with van der Waals surface area (Å²) < 4.78 is 24.2. The molecular weight excluding hydrogens is 273 g/mol. The molecule has 1 atom stereocenters. The van der Waals surface area contributed by atoms with Crippen LogP contribution in [0.1, 0.15) is 32.8 Å². The Morgan fingerprint density at radius 3 is 2.71 bits per heavy atom. The standard InChI is InChI=1S/C16H26FNO3/c1-4-7-18-9-13-8-14(17)5-6-16(13)21-11-15(19)10-20-12(2)3/h5-6,8,12,15,18-19H,4,7,9-11H2,1-3H3. The SMILES string of the molecule is CCCNCc1cc(F)ccc1OCC(O)COC(C)C. The summed E-state index contributed by atoms with van der Waals surface area (Å²) in [6, 6.07) is 4.40. The van der Waals surface area contributed by atoms with Crippen LogP contribution in [0, 0.1) is 5.82 Å². The van der Waals surface area contributed by atoms with E-state index < -0.39 is 6.10 Å². The number of rotatable bonds is 10. The summed E-state index contributed by atoms with van der Waals surface area (Å²) in [7, 11) is 0. The molecule has 1 rings (SSSR count). The number of hydrogen-bond acceptors (Lipinski definition) is 4. The summed E-state index contributed by atoms with van der Waals surface area (Å²) in [6.07, 6.45) is 0.379. The van der Waals surface area contributed by atoms with Crippen LogP contribution in [-0.4, -0.2) is 37.1 Å². The molecule has 1 aromatic rings. The van der Waals surface area contributed by atoms with E-state index in [-0.39, 0.29) is 25.1 Å². The van der Waals surface area contributed by atoms with Gasteiger partial charge in [-0.15, -0.1) is 0 Å². The maximum atomic E-state index is 13.3. The average Bonchev–Trinajstić information content (AvgIpc) is 2.44. The van der Waals surface area contributed by atoms with Crippen LogP contribution in [0.3, 0.4) is 0 Å². The van der Waals surface area contributed by atoms with E-state index in [9.17, 15) is 9.50 Å². The molecule has 0 radical (unpaired) electrons. The fraction of sp³-hybridized carbons (Fsp3) is 0.625. The van der Waals surface area contributed by atoms with Crippen LogP contribution < -0.4 is 10.1 Å². The van der Waals surface area contributed by atoms with E-state index in [0.717, 1.165) is 18.5 Å². The highest BCUT2D eigenvalue weighted by atomic mass is 19.1. The lowest BCUT2D eigenvalue weighted by Crippen LogP contribution is -2.25. The fourth-order valence-electron chi connectivity index (χ4n) is 1.76. The van der Waals surface area contributed by atoms with Gasteiger partial charge in [0.05, 0.1) is 12.7 Å². The minimum absolute atomic E-state index is 0.0688. The number of ether oxygens (including phenoxy) is 2. The van der Waals surface area contributed by atoms with Crippen molar-refractivity contribution in [1.29, 1.82) is 0 Å². The van der Waals surface area contributed by atoms with Crippen molar-refractivity contribution in [1.82, 2.24) is 5.32 Å². The van der Waals surface area contributed by atoms with Crippen molar-refractivity contribution in [2.75, 3.05) is 19.8 Å². The van der Waals surface area contributed by atoms with Crippen LogP contribution in [0.2, 0.25) is 0 Å². The normalized spacial score (nSPS) is 12.7. The molecule has 1 unspecified atom stereocenters. The molecular formula is C16H26FNO3. The molecule has 120 valence electrons. The van der Waals surface area contributed by atoms with Gasteiger partial charge in [-0.25, -0.2) is 4.39 Å². The van der Waals surface area contributed by atoms with Gasteiger partial charge in [0.1, 0.15) is 24.3 Å². The zero-order valence-electron chi connectivity index (χ0n) is 13.1. The molecule has 0 amide bonds. The van der Waals surface area contributed by atoms with Crippen molar-refractivity contribution in [3.8, 4) is 5.75 Å². The van der Waals surface area contributed by atoms with Gasteiger partial charge in [0.2, 0.25) is 0 Å². The van der Waals surface area contributed by atoms with Gasteiger partial charge in [-0.2, -0.15) is 0 Å². The monoisotopic (exact) mass is 299 g/mol. The number of hydrogen-bond donors (Lipinski definition) is 2. The van der Waals surface area contributed by atoms with Gasteiger partial charge in [-0.05, 0) is 45.0 Å². The molecule has 0 bridgehead atoms. The van der Waals surface area contributed by atoms with Crippen LogP contribution in [0.4, 0.5) is 4.39 Å². The first-order chi connectivity index (χ1) is 10.0. The van der Waals surface area contributed by atoms with Crippen molar-refractivity contribution in [2.24, 2.45) is 0 Å². The lowest BCUT2D eigenvalue weighted by Gasteiger charge is -2.16. The summed E-state index contributed by atoms with van der Waals surface area (Å²) in [5, 5.41) is 13.0. The van der Waals surface area contributed by atoms with E-state index in [1.165, 1.54) is 12.1 Å². The molecule has 0 saturated carbocycles. The van der Waals surface area contributed by atoms with Gasteiger partial charge >= 0.3 is 0 Å². The Kier molecular flexibility index (Phi) is 8.27. The molecule has 0 saturated heterocycles. The maximum absolute atomic E-state index is 13.3. The predicted octanol–water partition coefficient (Wildman–Crippen LogP) is 2.49. The number of benzene rings is 1. The van der Waals surface area contributed by atoms with Crippen LogP contribution in [0.25, 0.3) is 0 Å².